The summed E-state index contributed by atoms with van der Waals surface area (Å²) in [6, 6.07) is 26.2. The molecule has 0 unspecified atom stereocenters. The molecule has 4 rings (SSSR count). The van der Waals surface area contributed by atoms with Crippen LogP contribution in [0.4, 0.5) is 0 Å². The summed E-state index contributed by atoms with van der Waals surface area (Å²) in [7, 11) is 1.67. The van der Waals surface area contributed by atoms with Crippen LogP contribution in [0.2, 0.25) is 0 Å². The highest BCUT2D eigenvalue weighted by atomic mass is 16.5. The molecule has 4 aromatic rings. The average molecular weight is 409 g/mol. The van der Waals surface area contributed by atoms with Crippen LogP contribution < -0.4 is 10.2 Å². The second-order valence-electron chi connectivity index (χ2n) is 7.32. The van der Waals surface area contributed by atoms with Gasteiger partial charge in [0.05, 0.1) is 31.5 Å². The van der Waals surface area contributed by atoms with E-state index in [2.05, 4.69) is 46.3 Å². The van der Waals surface area contributed by atoms with E-state index in [9.17, 15) is 0 Å². The van der Waals surface area contributed by atoms with Crippen molar-refractivity contribution in [2.45, 2.75) is 20.0 Å². The van der Waals surface area contributed by atoms with Gasteiger partial charge < -0.3 is 14.7 Å². The molecule has 0 saturated heterocycles. The minimum Gasteiger partial charge on any atom is -0.496 e. The fraction of sp³-hybridized carbons (Fsp3) is 0.154. The van der Waals surface area contributed by atoms with Gasteiger partial charge in [-0.15, -0.1) is 0 Å². The molecular weight excluding hydrogens is 384 g/mol. The second-order valence-corrected chi connectivity index (χ2v) is 7.32. The van der Waals surface area contributed by atoms with Gasteiger partial charge in [0.2, 0.25) is 0 Å². The van der Waals surface area contributed by atoms with Crippen molar-refractivity contribution in [2.75, 3.05) is 7.11 Å². The number of hydrogen-bond acceptors (Lipinski definition) is 4. The van der Waals surface area contributed by atoms with E-state index in [1.807, 2.05) is 60.8 Å². The molecule has 1 N–H and O–H groups in total. The molecule has 1 aromatic heterocycles. The summed E-state index contributed by atoms with van der Waals surface area (Å²) >= 11 is 0. The van der Waals surface area contributed by atoms with Gasteiger partial charge in [0.1, 0.15) is 5.75 Å². The van der Waals surface area contributed by atoms with Crippen LogP contribution >= 0.6 is 0 Å². The molecule has 3 aromatic carbocycles. The Bertz CT molecular complexity index is 1260. The molecule has 0 fully saturated rings. The summed E-state index contributed by atoms with van der Waals surface area (Å²) < 4.78 is 7.69. The molecule has 1 heterocycles. The van der Waals surface area contributed by atoms with Crippen molar-refractivity contribution in [3.8, 4) is 11.8 Å². The summed E-state index contributed by atoms with van der Waals surface area (Å²) in [5.74, 6) is 0.848. The molecule has 0 spiro atoms. The maximum atomic E-state index is 9.03. The average Bonchev–Trinajstić information content (AvgIpc) is 3.08. The number of aromatic nitrogens is 1. The Morgan fingerprint density at radius 2 is 1.77 bits per heavy atom. The minimum atomic E-state index is 0.587. The first-order valence-electron chi connectivity index (χ1n) is 10.2. The number of benzene rings is 3. The zero-order chi connectivity index (χ0) is 21.6. The number of nitrogens with one attached hydrogen (secondary N) is 1. The predicted octanol–water partition coefficient (Wildman–Crippen LogP) is 5.00. The lowest BCUT2D eigenvalue weighted by atomic mass is 10.1. The van der Waals surface area contributed by atoms with Gasteiger partial charge >= 0.3 is 0 Å². The lowest BCUT2D eigenvalue weighted by Gasteiger charge is -2.09. The van der Waals surface area contributed by atoms with Gasteiger partial charge in [-0.1, -0.05) is 48.5 Å². The molecule has 0 aliphatic rings. The summed E-state index contributed by atoms with van der Waals surface area (Å²) in [5.41, 5.74) is 9.43. The van der Waals surface area contributed by atoms with Crippen LogP contribution in [-0.4, -0.2) is 17.9 Å². The van der Waals surface area contributed by atoms with Gasteiger partial charge in [-0.25, -0.2) is 0 Å². The van der Waals surface area contributed by atoms with Crippen LogP contribution in [0.25, 0.3) is 10.9 Å². The fourth-order valence-corrected chi connectivity index (χ4v) is 3.78. The number of ether oxygens (including phenoxy) is 1. The second kappa shape index (κ2) is 9.19. The third-order valence-electron chi connectivity index (χ3n) is 5.45. The number of para-hydroxylation sites is 2. The quantitative estimate of drug-likeness (QED) is 0.346. The van der Waals surface area contributed by atoms with Crippen LogP contribution in [-0.2, 0) is 13.1 Å². The minimum absolute atomic E-state index is 0.587. The van der Waals surface area contributed by atoms with Crippen molar-refractivity contribution >= 4 is 17.1 Å². The van der Waals surface area contributed by atoms with Gasteiger partial charge in [0, 0.05) is 34.3 Å². The van der Waals surface area contributed by atoms with Gasteiger partial charge in [0.25, 0.3) is 0 Å². The number of rotatable bonds is 7. The topological polar surface area (TPSA) is 62.3 Å². The van der Waals surface area contributed by atoms with Gasteiger partial charge in [0.15, 0.2) is 0 Å². The number of hydrazone groups is 1. The molecule has 0 atom stereocenters. The lowest BCUT2D eigenvalue weighted by Crippen LogP contribution is -2.07. The fourth-order valence-electron chi connectivity index (χ4n) is 3.78. The molecule has 0 radical (unpaired) electrons. The molecule has 0 saturated carbocycles. The van der Waals surface area contributed by atoms with Crippen LogP contribution in [0.5, 0.6) is 5.75 Å². The first-order chi connectivity index (χ1) is 15.2. The summed E-state index contributed by atoms with van der Waals surface area (Å²) in [5, 5.41) is 14.7. The highest BCUT2D eigenvalue weighted by molar-refractivity contribution is 6.01. The highest BCUT2D eigenvalue weighted by Gasteiger charge is 2.12. The maximum absolute atomic E-state index is 9.03. The first kappa shape index (κ1) is 20.2. The van der Waals surface area contributed by atoms with Crippen molar-refractivity contribution in [1.82, 2.24) is 9.99 Å². The van der Waals surface area contributed by atoms with E-state index in [0.717, 1.165) is 45.6 Å². The van der Waals surface area contributed by atoms with Crippen LogP contribution in [0.15, 0.2) is 77.9 Å². The predicted molar refractivity (Wildman–Crippen MR) is 124 cm³/mol. The first-order valence-corrected chi connectivity index (χ1v) is 10.2. The largest absolute Gasteiger partial charge is 0.496 e. The maximum Gasteiger partial charge on any atom is 0.123 e. The van der Waals surface area contributed by atoms with Crippen molar-refractivity contribution < 1.29 is 4.74 Å². The molecule has 5 heteroatoms. The Morgan fingerprint density at radius 1 is 1.03 bits per heavy atom. The number of fused-ring (bicyclic) bond motifs is 1. The van der Waals surface area contributed by atoms with Crippen LogP contribution in [0.1, 0.15) is 27.9 Å². The molecule has 0 bridgehead atoms. The number of methoxy groups -OCH3 is 1. The van der Waals surface area contributed by atoms with Crippen molar-refractivity contribution in [2.24, 2.45) is 5.10 Å². The molecule has 154 valence electrons. The Balaban J connectivity index is 1.58. The summed E-state index contributed by atoms with van der Waals surface area (Å²) in [4.78, 5) is 0. The van der Waals surface area contributed by atoms with E-state index in [1.165, 1.54) is 0 Å². The zero-order valence-electron chi connectivity index (χ0n) is 17.7. The van der Waals surface area contributed by atoms with E-state index < -0.39 is 0 Å². The molecule has 0 amide bonds. The van der Waals surface area contributed by atoms with E-state index in [4.69, 9.17) is 10.00 Å². The lowest BCUT2D eigenvalue weighted by molar-refractivity contribution is 0.408. The van der Waals surface area contributed by atoms with E-state index >= 15 is 0 Å². The smallest absolute Gasteiger partial charge is 0.123 e. The number of nitriles is 1. The van der Waals surface area contributed by atoms with Gasteiger partial charge in [-0.3, -0.25) is 0 Å². The molecular formula is C26H24N4O. The third-order valence-corrected chi connectivity index (χ3v) is 5.45. The van der Waals surface area contributed by atoms with E-state index in [0.29, 0.717) is 12.1 Å². The molecule has 0 aliphatic heterocycles. The van der Waals surface area contributed by atoms with Gasteiger partial charge in [-0.05, 0) is 36.8 Å². The Labute approximate surface area is 182 Å². The Hall–Kier alpha value is -4.04. The Kier molecular flexibility index (Phi) is 6.00. The van der Waals surface area contributed by atoms with E-state index in [1.54, 1.807) is 7.11 Å². The van der Waals surface area contributed by atoms with Crippen LogP contribution in [0, 0.1) is 18.3 Å². The normalized spacial score (nSPS) is 11.0. The molecule has 0 aliphatic carbocycles. The van der Waals surface area contributed by atoms with Crippen LogP contribution in [0.3, 0.4) is 0 Å². The summed E-state index contributed by atoms with van der Waals surface area (Å²) in [6.07, 6.45) is 1.89. The van der Waals surface area contributed by atoms with Crippen molar-refractivity contribution in [1.29, 1.82) is 5.26 Å². The van der Waals surface area contributed by atoms with E-state index in [-0.39, 0.29) is 0 Å². The van der Waals surface area contributed by atoms with Gasteiger partial charge in [-0.2, -0.15) is 10.4 Å². The third kappa shape index (κ3) is 4.29. The zero-order valence-corrected chi connectivity index (χ0v) is 17.7. The SMILES string of the molecule is COc1ccccc1CN/N=C\c1c(C)n(Cc2ccc(C#N)cc2)c2ccccc12. The highest BCUT2D eigenvalue weighted by Crippen LogP contribution is 2.26. The molecule has 5 nitrogen and oxygen atoms in total. The van der Waals surface area contributed by atoms with Crippen molar-refractivity contribution in [3.63, 3.8) is 0 Å². The Morgan fingerprint density at radius 3 is 2.55 bits per heavy atom. The number of hydrogen-bond donors (Lipinski definition) is 1. The number of nitrogens with zero attached hydrogens (tertiary/aromatic N) is 3. The van der Waals surface area contributed by atoms with Crippen molar-refractivity contribution in [3.05, 3.63) is 101 Å². The monoisotopic (exact) mass is 408 g/mol. The standard InChI is InChI=1S/C26H24N4O/c1-19-24(17-29-28-16-22-7-3-6-10-26(22)31-2)23-8-4-5-9-25(23)30(19)18-21-13-11-20(15-27)12-14-21/h3-14,17,28H,16,18H2,1-2H3/b29-17-. The summed E-state index contributed by atoms with van der Waals surface area (Å²) in [6.45, 7) is 3.44. The molecule has 31 heavy (non-hydrogen) atoms.